The second-order valence-corrected chi connectivity index (χ2v) is 14.3. The molecule has 3 aliphatic rings. The molecule has 1 aromatic rings. The second-order valence-electron chi connectivity index (χ2n) is 10.5. The van der Waals surface area contributed by atoms with Crippen molar-refractivity contribution in [1.29, 1.82) is 5.26 Å². The average Bonchev–Trinajstić information content (AvgIpc) is 3.49. The number of fused-ring (bicyclic) bond motifs is 1. The van der Waals surface area contributed by atoms with Gasteiger partial charge in [0, 0.05) is 12.2 Å². The van der Waals surface area contributed by atoms with Gasteiger partial charge in [0.05, 0.1) is 34.7 Å². The van der Waals surface area contributed by atoms with E-state index in [1.54, 1.807) is 6.07 Å². The number of sulfonamides is 1. The van der Waals surface area contributed by atoms with Gasteiger partial charge in [-0.05, 0) is 36.0 Å². The van der Waals surface area contributed by atoms with Crippen LogP contribution >= 0.6 is 0 Å². The highest BCUT2D eigenvalue weighted by Crippen LogP contribution is 2.42. The molecule has 1 N–H and O–H groups in total. The van der Waals surface area contributed by atoms with Crippen molar-refractivity contribution in [2.75, 3.05) is 17.5 Å². The molecular weight excluding hydrogens is 492 g/mol. The van der Waals surface area contributed by atoms with E-state index in [-0.39, 0.29) is 22.0 Å². The van der Waals surface area contributed by atoms with E-state index >= 15 is 0 Å². The topological polar surface area (TPSA) is 154 Å². The van der Waals surface area contributed by atoms with E-state index in [1.807, 2.05) is 20.8 Å². The zero-order valence-electron chi connectivity index (χ0n) is 20.0. The number of nitrogens with zero attached hydrogens (tertiary/aromatic N) is 3. The summed E-state index contributed by atoms with van der Waals surface area (Å²) < 4.78 is 52.1. The zero-order valence-corrected chi connectivity index (χ0v) is 21.6. The molecule has 1 aliphatic carbocycles. The predicted molar refractivity (Wildman–Crippen MR) is 129 cm³/mol. The lowest BCUT2D eigenvalue weighted by Crippen LogP contribution is -2.45. The fourth-order valence-corrected chi connectivity index (χ4v) is 6.96. The summed E-state index contributed by atoms with van der Waals surface area (Å²) in [6.45, 7) is 5.94. The van der Waals surface area contributed by atoms with E-state index in [4.69, 9.17) is 0 Å². The van der Waals surface area contributed by atoms with Gasteiger partial charge in [-0.15, -0.1) is 0 Å². The Morgan fingerprint density at radius 3 is 2.43 bits per heavy atom. The van der Waals surface area contributed by atoms with Gasteiger partial charge in [-0.2, -0.15) is 5.26 Å². The Hall–Kier alpha value is -2.78. The lowest BCUT2D eigenvalue weighted by atomic mass is 9.81. The van der Waals surface area contributed by atoms with Crippen LogP contribution in [0.25, 0.3) is 0 Å². The SMILES string of the molecule is CC(C)(C)[C@H]1C(=O)C(C2=Nc3ccc(NS(C)(=O)=O)cc3S(=O)(=O)C2C#N)C(=O)N1CCC1CC1. The van der Waals surface area contributed by atoms with Crippen molar-refractivity contribution in [2.24, 2.45) is 22.2 Å². The molecule has 35 heavy (non-hydrogen) atoms. The number of amides is 1. The molecule has 0 spiro atoms. The standard InChI is InChI=1S/C23H28N4O6S2/c1-23(2,3)21-20(28)18(22(29)27(21)10-9-13-5-6-13)19-17(12-24)35(32,33)16-11-14(26-34(4,30)31)7-8-15(16)25-19/h7-8,11,13,17-18,21,26H,5-6,9-10H2,1-4H3/t17?,18?,21-/m1/s1. The summed E-state index contributed by atoms with van der Waals surface area (Å²) in [6.07, 6.45) is 3.87. The fraction of sp³-hybridized carbons (Fsp3) is 0.565. The van der Waals surface area contributed by atoms with E-state index in [1.165, 1.54) is 17.0 Å². The maximum atomic E-state index is 13.6. The number of hydrogen-bond acceptors (Lipinski definition) is 8. The van der Waals surface area contributed by atoms with Crippen LogP contribution in [0.1, 0.15) is 40.0 Å². The van der Waals surface area contributed by atoms with Crippen molar-refractivity contribution in [3.63, 3.8) is 0 Å². The third-order valence-electron chi connectivity index (χ3n) is 6.50. The van der Waals surface area contributed by atoms with Crippen LogP contribution in [-0.4, -0.2) is 63.2 Å². The number of aliphatic imine (C=N–C) groups is 1. The molecule has 0 aromatic heterocycles. The number of Topliss-reactive ketones (excluding diaryl/α,β-unsaturated/α-hetero) is 1. The molecule has 188 valence electrons. The number of likely N-dealkylation sites (tertiary alicyclic amines) is 1. The average molecular weight is 521 g/mol. The fourth-order valence-electron chi connectivity index (χ4n) is 4.81. The van der Waals surface area contributed by atoms with E-state index < -0.39 is 54.2 Å². The first kappa shape index (κ1) is 25.3. The van der Waals surface area contributed by atoms with Gasteiger partial charge < -0.3 is 4.90 Å². The first-order valence-electron chi connectivity index (χ1n) is 11.3. The minimum Gasteiger partial charge on any atom is -0.331 e. The van der Waals surface area contributed by atoms with Crippen LogP contribution in [0.4, 0.5) is 11.4 Å². The Bertz CT molecular complexity index is 1380. The molecule has 1 aromatic carbocycles. The number of carbonyl (C=O) groups excluding carboxylic acids is 2. The van der Waals surface area contributed by atoms with Gasteiger partial charge in [0.1, 0.15) is 5.92 Å². The van der Waals surface area contributed by atoms with Crippen molar-refractivity contribution < 1.29 is 26.4 Å². The van der Waals surface area contributed by atoms with Gasteiger partial charge in [0.25, 0.3) is 0 Å². The summed E-state index contributed by atoms with van der Waals surface area (Å²) in [6, 6.07) is 4.68. The molecule has 12 heteroatoms. The number of nitrogens with one attached hydrogen (secondary N) is 1. The molecule has 2 heterocycles. The lowest BCUT2D eigenvalue weighted by Gasteiger charge is -2.33. The third kappa shape index (κ3) is 4.71. The normalized spacial score (nSPS) is 26.2. The van der Waals surface area contributed by atoms with Crippen LogP contribution in [0.2, 0.25) is 0 Å². The van der Waals surface area contributed by atoms with E-state index in [2.05, 4.69) is 9.71 Å². The molecule has 4 rings (SSSR count). The van der Waals surface area contributed by atoms with E-state index in [0.29, 0.717) is 12.5 Å². The summed E-state index contributed by atoms with van der Waals surface area (Å²) in [4.78, 5) is 32.7. The Morgan fingerprint density at radius 1 is 1.23 bits per heavy atom. The molecule has 1 saturated carbocycles. The van der Waals surface area contributed by atoms with Gasteiger partial charge in [-0.25, -0.2) is 16.8 Å². The summed E-state index contributed by atoms with van der Waals surface area (Å²) in [7, 11) is -8.05. The molecule has 10 nitrogen and oxygen atoms in total. The van der Waals surface area contributed by atoms with Gasteiger partial charge >= 0.3 is 0 Å². The van der Waals surface area contributed by atoms with E-state index in [0.717, 1.165) is 31.6 Å². The minimum atomic E-state index is -4.38. The number of rotatable bonds is 6. The smallest absolute Gasteiger partial charge is 0.239 e. The van der Waals surface area contributed by atoms with Crippen molar-refractivity contribution in [3.8, 4) is 6.07 Å². The van der Waals surface area contributed by atoms with Crippen LogP contribution in [0.3, 0.4) is 0 Å². The molecule has 1 saturated heterocycles. The highest BCUT2D eigenvalue weighted by molar-refractivity contribution is 7.93. The Morgan fingerprint density at radius 2 is 1.89 bits per heavy atom. The van der Waals surface area contributed by atoms with Crippen LogP contribution in [0, 0.1) is 28.6 Å². The number of carbonyl (C=O) groups is 2. The Kier molecular flexibility index (Phi) is 6.08. The zero-order chi connectivity index (χ0) is 25.9. The molecule has 0 bridgehead atoms. The number of sulfone groups is 1. The summed E-state index contributed by atoms with van der Waals surface area (Å²) in [5.41, 5.74) is -0.931. The molecule has 2 unspecified atom stereocenters. The molecular formula is C23H28N4O6S2. The number of benzene rings is 1. The molecule has 3 atom stereocenters. The summed E-state index contributed by atoms with van der Waals surface area (Å²) >= 11 is 0. The van der Waals surface area contributed by atoms with Crippen LogP contribution in [0.5, 0.6) is 0 Å². The van der Waals surface area contributed by atoms with Gasteiger partial charge in [-0.1, -0.05) is 33.6 Å². The number of anilines is 1. The molecule has 0 radical (unpaired) electrons. The summed E-state index contributed by atoms with van der Waals surface area (Å²) in [5.74, 6) is -1.91. The van der Waals surface area contributed by atoms with Crippen molar-refractivity contribution in [1.82, 2.24) is 4.90 Å². The Labute approximate surface area is 205 Å². The van der Waals surface area contributed by atoms with Gasteiger partial charge in [0.15, 0.2) is 11.0 Å². The van der Waals surface area contributed by atoms with Gasteiger partial charge in [0.2, 0.25) is 25.8 Å². The first-order valence-corrected chi connectivity index (χ1v) is 14.8. The monoisotopic (exact) mass is 520 g/mol. The van der Waals surface area contributed by atoms with Crippen LogP contribution < -0.4 is 4.72 Å². The number of nitriles is 1. The molecule has 2 aliphatic heterocycles. The van der Waals surface area contributed by atoms with Gasteiger partial charge in [-0.3, -0.25) is 19.3 Å². The number of hydrogen-bond donors (Lipinski definition) is 1. The van der Waals surface area contributed by atoms with Crippen LogP contribution in [-0.2, 0) is 29.4 Å². The van der Waals surface area contributed by atoms with Crippen LogP contribution in [0.15, 0.2) is 28.1 Å². The first-order chi connectivity index (χ1) is 16.1. The van der Waals surface area contributed by atoms with Crippen molar-refractivity contribution in [3.05, 3.63) is 18.2 Å². The second kappa shape index (κ2) is 8.41. The molecule has 1 amide bonds. The summed E-state index contributed by atoms with van der Waals surface area (Å²) in [5, 5.41) is 7.99. The van der Waals surface area contributed by atoms with Crippen molar-refractivity contribution in [2.45, 2.75) is 56.2 Å². The van der Waals surface area contributed by atoms with Crippen molar-refractivity contribution >= 4 is 48.6 Å². The highest BCUT2D eigenvalue weighted by Gasteiger charge is 2.57. The largest absolute Gasteiger partial charge is 0.331 e. The molecule has 2 fully saturated rings. The predicted octanol–water partition coefficient (Wildman–Crippen LogP) is 2.05. The van der Waals surface area contributed by atoms with E-state index in [9.17, 15) is 31.7 Å². The maximum Gasteiger partial charge on any atom is 0.239 e. The Balaban J connectivity index is 1.80. The minimum absolute atomic E-state index is 0.00256. The quantitative estimate of drug-likeness (QED) is 0.563. The number of ketones is 1. The highest BCUT2D eigenvalue weighted by atomic mass is 32.2. The third-order valence-corrected chi connectivity index (χ3v) is 9.02. The maximum absolute atomic E-state index is 13.6. The lowest BCUT2D eigenvalue weighted by molar-refractivity contribution is -0.131.